The summed E-state index contributed by atoms with van der Waals surface area (Å²) in [5.74, 6) is 0. The molecule has 0 atom stereocenters. The Hall–Kier alpha value is -0.660. The van der Waals surface area contributed by atoms with Gasteiger partial charge in [0.1, 0.15) is 0 Å². The van der Waals surface area contributed by atoms with Gasteiger partial charge in [-0.05, 0) is 46.5 Å². The molecule has 0 aromatic carbocycles. The molecular weight excluding hydrogens is 172 g/mol. The lowest BCUT2D eigenvalue weighted by atomic mass is 9.98. The molecule has 0 bridgehead atoms. The van der Waals surface area contributed by atoms with E-state index in [0.29, 0.717) is 0 Å². The van der Waals surface area contributed by atoms with Gasteiger partial charge in [-0.1, -0.05) is 0 Å². The van der Waals surface area contributed by atoms with Gasteiger partial charge in [-0.3, -0.25) is 0 Å². The number of hydrogen-bond donors (Lipinski definition) is 0. The number of nitrogens with zero attached hydrogens (tertiary/aromatic N) is 2. The Morgan fingerprint density at radius 3 is 2.14 bits per heavy atom. The van der Waals surface area contributed by atoms with Crippen LogP contribution in [-0.2, 0) is 0 Å². The highest BCUT2D eigenvalue weighted by atomic mass is 15.4. The third kappa shape index (κ3) is 1.51. The van der Waals surface area contributed by atoms with Crippen LogP contribution >= 0.6 is 0 Å². The second-order valence-corrected chi connectivity index (χ2v) is 5.54. The maximum atomic E-state index is 2.57. The summed E-state index contributed by atoms with van der Waals surface area (Å²) in [6, 6.07) is 0. The predicted octanol–water partition coefficient (Wildman–Crippen LogP) is 2.78. The predicted molar refractivity (Wildman–Crippen MR) is 59.7 cm³/mol. The second kappa shape index (κ2) is 3.18. The van der Waals surface area contributed by atoms with E-state index in [1.165, 1.54) is 25.7 Å². The summed E-state index contributed by atoms with van der Waals surface area (Å²) in [5, 5.41) is 0. The molecule has 2 nitrogen and oxygen atoms in total. The second-order valence-electron chi connectivity index (χ2n) is 5.54. The molecule has 0 amide bonds. The summed E-state index contributed by atoms with van der Waals surface area (Å²) in [6.07, 6.45) is 5.33. The first kappa shape index (κ1) is 9.88. The van der Waals surface area contributed by atoms with E-state index in [2.05, 4.69) is 37.6 Å². The van der Waals surface area contributed by atoms with Gasteiger partial charge in [0.15, 0.2) is 0 Å². The van der Waals surface area contributed by atoms with Gasteiger partial charge in [-0.2, -0.15) is 0 Å². The fraction of sp³-hybridized carbons (Fsp3) is 0.833. The van der Waals surface area contributed by atoms with Crippen molar-refractivity contribution in [1.82, 2.24) is 9.80 Å². The van der Waals surface area contributed by atoms with E-state index in [4.69, 9.17) is 0 Å². The minimum Gasteiger partial charge on any atom is -0.359 e. The van der Waals surface area contributed by atoms with E-state index in [-0.39, 0.29) is 5.54 Å². The van der Waals surface area contributed by atoms with Gasteiger partial charge in [0.25, 0.3) is 0 Å². The average Bonchev–Trinajstić information content (AvgIpc) is 2.44. The molecule has 1 aliphatic heterocycles. The Kier molecular flexibility index (Phi) is 2.24. The molecule has 0 spiro atoms. The Morgan fingerprint density at radius 1 is 1.00 bits per heavy atom. The van der Waals surface area contributed by atoms with E-state index < -0.39 is 0 Å². The van der Waals surface area contributed by atoms with Crippen molar-refractivity contribution < 1.29 is 0 Å². The highest BCUT2D eigenvalue weighted by Crippen LogP contribution is 2.37. The zero-order valence-corrected chi connectivity index (χ0v) is 9.93. The molecule has 0 N–H and O–H groups in total. The zero-order chi connectivity index (χ0) is 10.3. The SMILES string of the molecule is CN1CN(C(C)(C)C)C2=C1CCCC2. The standard InChI is InChI=1S/C12H22N2/c1-12(2,3)14-9-13(4)10-7-5-6-8-11(10)14/h5-9H2,1-4H3. The molecule has 1 heterocycles. The molecule has 0 radical (unpaired) electrons. The molecular formula is C12H22N2. The largest absolute Gasteiger partial charge is 0.359 e. The van der Waals surface area contributed by atoms with Gasteiger partial charge >= 0.3 is 0 Å². The molecule has 0 unspecified atom stereocenters. The van der Waals surface area contributed by atoms with Crippen LogP contribution < -0.4 is 0 Å². The molecule has 0 saturated carbocycles. The van der Waals surface area contributed by atoms with E-state index >= 15 is 0 Å². The molecule has 0 saturated heterocycles. The summed E-state index contributed by atoms with van der Waals surface area (Å²) in [7, 11) is 2.23. The number of rotatable bonds is 0. The highest BCUT2D eigenvalue weighted by Gasteiger charge is 2.34. The minimum absolute atomic E-state index is 0.280. The van der Waals surface area contributed by atoms with E-state index in [1.807, 2.05) is 0 Å². The van der Waals surface area contributed by atoms with E-state index in [9.17, 15) is 0 Å². The fourth-order valence-corrected chi connectivity index (χ4v) is 2.58. The summed E-state index contributed by atoms with van der Waals surface area (Å²) in [6.45, 7) is 8.02. The van der Waals surface area contributed by atoms with Crippen LogP contribution in [0.2, 0.25) is 0 Å². The Labute approximate surface area is 87.6 Å². The summed E-state index contributed by atoms with van der Waals surface area (Å²) in [5.41, 5.74) is 3.50. The van der Waals surface area contributed by atoms with Gasteiger partial charge < -0.3 is 9.80 Å². The third-order valence-corrected chi connectivity index (χ3v) is 3.36. The van der Waals surface area contributed by atoms with Crippen LogP contribution in [0.1, 0.15) is 46.5 Å². The maximum Gasteiger partial charge on any atom is 0.0900 e. The third-order valence-electron chi connectivity index (χ3n) is 3.36. The first-order valence-corrected chi connectivity index (χ1v) is 5.71. The summed E-state index contributed by atoms with van der Waals surface area (Å²) in [4.78, 5) is 5.00. The summed E-state index contributed by atoms with van der Waals surface area (Å²) >= 11 is 0. The molecule has 2 rings (SSSR count). The van der Waals surface area contributed by atoms with Gasteiger partial charge in [0, 0.05) is 24.0 Å². The van der Waals surface area contributed by atoms with Crippen molar-refractivity contribution in [1.29, 1.82) is 0 Å². The first-order chi connectivity index (χ1) is 6.50. The Balaban J connectivity index is 2.27. The molecule has 0 aromatic heterocycles. The lowest BCUT2D eigenvalue weighted by Crippen LogP contribution is -2.40. The van der Waals surface area contributed by atoms with Crippen molar-refractivity contribution in [2.75, 3.05) is 13.7 Å². The number of allylic oxidation sites excluding steroid dienone is 2. The van der Waals surface area contributed by atoms with Crippen LogP contribution in [0.3, 0.4) is 0 Å². The van der Waals surface area contributed by atoms with Crippen LogP contribution in [-0.4, -0.2) is 29.1 Å². The Morgan fingerprint density at radius 2 is 1.57 bits per heavy atom. The van der Waals surface area contributed by atoms with Crippen molar-refractivity contribution in [3.05, 3.63) is 11.4 Å². The van der Waals surface area contributed by atoms with Gasteiger partial charge in [0.2, 0.25) is 0 Å². The van der Waals surface area contributed by atoms with Crippen LogP contribution in [0.25, 0.3) is 0 Å². The van der Waals surface area contributed by atoms with Crippen molar-refractivity contribution in [2.24, 2.45) is 0 Å². The van der Waals surface area contributed by atoms with Gasteiger partial charge in [-0.15, -0.1) is 0 Å². The van der Waals surface area contributed by atoms with Crippen molar-refractivity contribution in [3.63, 3.8) is 0 Å². The Bertz CT molecular complexity index is 260. The number of hydrogen-bond acceptors (Lipinski definition) is 2. The van der Waals surface area contributed by atoms with Gasteiger partial charge in [0.05, 0.1) is 6.67 Å². The van der Waals surface area contributed by atoms with Crippen LogP contribution in [0.5, 0.6) is 0 Å². The quantitative estimate of drug-likeness (QED) is 0.585. The lowest BCUT2D eigenvalue weighted by Gasteiger charge is -2.36. The molecule has 0 aromatic rings. The zero-order valence-electron chi connectivity index (χ0n) is 9.93. The molecule has 14 heavy (non-hydrogen) atoms. The minimum atomic E-state index is 0.280. The molecule has 2 aliphatic rings. The first-order valence-electron chi connectivity index (χ1n) is 5.71. The average molecular weight is 194 g/mol. The molecule has 2 heteroatoms. The topological polar surface area (TPSA) is 6.48 Å². The summed E-state index contributed by atoms with van der Waals surface area (Å²) < 4.78 is 0. The molecule has 0 fully saturated rings. The van der Waals surface area contributed by atoms with Crippen molar-refractivity contribution in [2.45, 2.75) is 52.0 Å². The lowest BCUT2D eigenvalue weighted by molar-refractivity contribution is 0.155. The van der Waals surface area contributed by atoms with E-state index in [0.717, 1.165) is 6.67 Å². The monoisotopic (exact) mass is 194 g/mol. The normalized spacial score (nSPS) is 23.1. The fourth-order valence-electron chi connectivity index (χ4n) is 2.58. The van der Waals surface area contributed by atoms with Crippen LogP contribution in [0, 0.1) is 0 Å². The van der Waals surface area contributed by atoms with Crippen molar-refractivity contribution >= 4 is 0 Å². The smallest absolute Gasteiger partial charge is 0.0900 e. The van der Waals surface area contributed by atoms with Crippen LogP contribution in [0.15, 0.2) is 11.4 Å². The van der Waals surface area contributed by atoms with Crippen molar-refractivity contribution in [3.8, 4) is 0 Å². The van der Waals surface area contributed by atoms with Gasteiger partial charge in [-0.25, -0.2) is 0 Å². The molecule has 80 valence electrons. The maximum absolute atomic E-state index is 2.57. The highest BCUT2D eigenvalue weighted by molar-refractivity contribution is 5.21. The van der Waals surface area contributed by atoms with E-state index in [1.54, 1.807) is 11.4 Å². The molecule has 1 aliphatic carbocycles. The van der Waals surface area contributed by atoms with Crippen LogP contribution in [0.4, 0.5) is 0 Å².